The van der Waals surface area contributed by atoms with Gasteiger partial charge in [-0.2, -0.15) is 0 Å². The number of aliphatic hydroxyl groups is 1. The monoisotopic (exact) mass is 203 g/mol. The Labute approximate surface area is 90.1 Å². The van der Waals surface area contributed by atoms with Gasteiger partial charge in [-0.3, -0.25) is 0 Å². The Morgan fingerprint density at radius 2 is 1.57 bits per heavy atom. The van der Waals surface area contributed by atoms with Crippen molar-refractivity contribution in [2.75, 3.05) is 19.7 Å². The molecule has 0 bridgehead atoms. The summed E-state index contributed by atoms with van der Waals surface area (Å²) >= 11 is 0. The van der Waals surface area contributed by atoms with E-state index in [2.05, 4.69) is 5.32 Å². The largest absolute Gasteiger partial charge is 0.396 e. The molecule has 2 N–H and O–H groups in total. The maximum absolute atomic E-state index is 8.58. The summed E-state index contributed by atoms with van der Waals surface area (Å²) in [5.74, 6) is 0.883. The van der Waals surface area contributed by atoms with E-state index in [1.807, 2.05) is 27.7 Å². The number of rotatable bonds is 3. The van der Waals surface area contributed by atoms with Crippen LogP contribution < -0.4 is 5.32 Å². The molecule has 1 aliphatic heterocycles. The quantitative estimate of drug-likeness (QED) is 0.739. The minimum Gasteiger partial charge on any atom is -0.396 e. The van der Waals surface area contributed by atoms with Crippen LogP contribution in [0.15, 0.2) is 0 Å². The number of hydrogen-bond acceptors (Lipinski definition) is 2. The molecule has 0 aromatic rings. The van der Waals surface area contributed by atoms with Gasteiger partial charge < -0.3 is 10.4 Å². The third-order valence-electron chi connectivity index (χ3n) is 2.23. The average molecular weight is 203 g/mol. The molecule has 1 rings (SSSR count). The molecule has 0 aromatic heterocycles. The molecule has 0 aliphatic carbocycles. The molecule has 88 valence electrons. The third kappa shape index (κ3) is 10.0. The Morgan fingerprint density at radius 1 is 1.07 bits per heavy atom. The van der Waals surface area contributed by atoms with E-state index in [9.17, 15) is 0 Å². The molecule has 1 fully saturated rings. The van der Waals surface area contributed by atoms with Crippen LogP contribution >= 0.6 is 0 Å². The Bertz CT molecular complexity index is 80.4. The smallest absolute Gasteiger partial charge is 0.0431 e. The Balaban J connectivity index is 0. The van der Waals surface area contributed by atoms with Crippen molar-refractivity contribution in [2.45, 2.75) is 53.4 Å². The lowest BCUT2D eigenvalue weighted by Crippen LogP contribution is -2.27. The summed E-state index contributed by atoms with van der Waals surface area (Å²) < 4.78 is 0. The van der Waals surface area contributed by atoms with Gasteiger partial charge in [-0.15, -0.1) is 0 Å². The molecule has 1 aliphatic rings. The molecule has 1 heterocycles. The predicted molar refractivity (Wildman–Crippen MR) is 64.6 cm³/mol. The predicted octanol–water partition coefficient (Wildman–Crippen LogP) is 2.81. The minimum atomic E-state index is 0.365. The molecule has 14 heavy (non-hydrogen) atoms. The highest BCUT2D eigenvalue weighted by atomic mass is 16.2. The van der Waals surface area contributed by atoms with Crippen molar-refractivity contribution < 1.29 is 5.11 Å². The fourth-order valence-corrected chi connectivity index (χ4v) is 1.55. The lowest BCUT2D eigenvalue weighted by molar-refractivity contribution is 0.257. The molecular weight excluding hydrogens is 174 g/mol. The summed E-state index contributed by atoms with van der Waals surface area (Å²) in [6.45, 7) is 10.7. The number of nitrogens with one attached hydrogen (secondary N) is 1. The topological polar surface area (TPSA) is 32.3 Å². The van der Waals surface area contributed by atoms with Crippen LogP contribution in [-0.4, -0.2) is 24.8 Å². The van der Waals surface area contributed by atoms with Crippen molar-refractivity contribution in [3.63, 3.8) is 0 Å². The number of hydrogen-bond donors (Lipinski definition) is 2. The van der Waals surface area contributed by atoms with E-state index < -0.39 is 0 Å². The van der Waals surface area contributed by atoms with Gasteiger partial charge in [0.2, 0.25) is 0 Å². The molecule has 0 atom stereocenters. The first kappa shape index (κ1) is 16.4. The molecule has 0 saturated carbocycles. The van der Waals surface area contributed by atoms with Crippen molar-refractivity contribution in [3.05, 3.63) is 0 Å². The van der Waals surface area contributed by atoms with E-state index in [-0.39, 0.29) is 0 Å². The Kier molecular flexibility index (Phi) is 18.0. The van der Waals surface area contributed by atoms with E-state index >= 15 is 0 Å². The second-order valence-corrected chi connectivity index (χ2v) is 3.06. The standard InChI is InChI=1S/C8H17NO.2C2H6/c10-7-1-2-8-3-5-9-6-4-8;2*1-2/h8-10H,1-7H2;2*1-2H3. The van der Waals surface area contributed by atoms with E-state index in [0.29, 0.717) is 6.61 Å². The molecule has 2 heteroatoms. The molecule has 1 saturated heterocycles. The number of aliphatic hydroxyl groups excluding tert-OH is 1. The highest BCUT2D eigenvalue weighted by Gasteiger charge is 2.11. The van der Waals surface area contributed by atoms with E-state index in [1.165, 1.54) is 32.4 Å². The Morgan fingerprint density at radius 3 is 2.00 bits per heavy atom. The minimum absolute atomic E-state index is 0.365. The van der Waals surface area contributed by atoms with Gasteiger partial charge in [-0.25, -0.2) is 0 Å². The second-order valence-electron chi connectivity index (χ2n) is 3.06. The van der Waals surface area contributed by atoms with Gasteiger partial charge in [0, 0.05) is 6.61 Å². The molecule has 0 unspecified atom stereocenters. The third-order valence-corrected chi connectivity index (χ3v) is 2.23. The van der Waals surface area contributed by atoms with Crippen molar-refractivity contribution in [1.29, 1.82) is 0 Å². The van der Waals surface area contributed by atoms with Crippen molar-refractivity contribution in [3.8, 4) is 0 Å². The SMILES string of the molecule is CC.CC.OCCCC1CCNCC1. The molecule has 0 aromatic carbocycles. The van der Waals surface area contributed by atoms with Crippen LogP contribution in [0.3, 0.4) is 0 Å². The van der Waals surface area contributed by atoms with E-state index in [4.69, 9.17) is 5.11 Å². The van der Waals surface area contributed by atoms with Gasteiger partial charge in [0.1, 0.15) is 0 Å². The van der Waals surface area contributed by atoms with Crippen LogP contribution in [0.25, 0.3) is 0 Å². The highest BCUT2D eigenvalue weighted by Crippen LogP contribution is 2.16. The van der Waals surface area contributed by atoms with Crippen LogP contribution in [0.1, 0.15) is 53.4 Å². The summed E-state index contributed by atoms with van der Waals surface area (Å²) in [7, 11) is 0. The number of piperidine rings is 1. The van der Waals surface area contributed by atoms with Crippen molar-refractivity contribution >= 4 is 0 Å². The molecular formula is C12H29NO. The molecule has 0 radical (unpaired) electrons. The fraction of sp³-hybridized carbons (Fsp3) is 1.00. The van der Waals surface area contributed by atoms with Gasteiger partial charge in [-0.05, 0) is 44.7 Å². The van der Waals surface area contributed by atoms with E-state index in [1.54, 1.807) is 0 Å². The van der Waals surface area contributed by atoms with Gasteiger partial charge in [0.25, 0.3) is 0 Å². The maximum atomic E-state index is 8.58. The summed E-state index contributed by atoms with van der Waals surface area (Å²) in [6, 6.07) is 0. The molecule has 0 spiro atoms. The zero-order chi connectivity index (χ0) is 11.2. The summed E-state index contributed by atoms with van der Waals surface area (Å²) in [5, 5.41) is 11.9. The summed E-state index contributed by atoms with van der Waals surface area (Å²) in [4.78, 5) is 0. The van der Waals surface area contributed by atoms with Gasteiger partial charge in [0.05, 0.1) is 0 Å². The average Bonchev–Trinajstić information content (AvgIpc) is 2.33. The van der Waals surface area contributed by atoms with Crippen LogP contribution in [-0.2, 0) is 0 Å². The first-order valence-electron chi connectivity index (χ1n) is 6.25. The first-order valence-corrected chi connectivity index (χ1v) is 6.25. The van der Waals surface area contributed by atoms with Gasteiger partial charge in [-0.1, -0.05) is 27.7 Å². The second kappa shape index (κ2) is 15.4. The fourth-order valence-electron chi connectivity index (χ4n) is 1.55. The zero-order valence-electron chi connectivity index (χ0n) is 10.5. The molecule has 0 amide bonds. The van der Waals surface area contributed by atoms with Crippen LogP contribution in [0.4, 0.5) is 0 Å². The lowest BCUT2D eigenvalue weighted by Gasteiger charge is -2.21. The van der Waals surface area contributed by atoms with Gasteiger partial charge in [0.15, 0.2) is 0 Å². The zero-order valence-corrected chi connectivity index (χ0v) is 10.5. The first-order chi connectivity index (χ1) is 6.93. The van der Waals surface area contributed by atoms with E-state index in [0.717, 1.165) is 12.3 Å². The van der Waals surface area contributed by atoms with Crippen molar-refractivity contribution in [2.24, 2.45) is 5.92 Å². The van der Waals surface area contributed by atoms with Gasteiger partial charge >= 0.3 is 0 Å². The van der Waals surface area contributed by atoms with Crippen LogP contribution in [0, 0.1) is 5.92 Å². The van der Waals surface area contributed by atoms with Crippen molar-refractivity contribution in [1.82, 2.24) is 5.32 Å². The lowest BCUT2D eigenvalue weighted by atomic mass is 9.93. The summed E-state index contributed by atoms with van der Waals surface area (Å²) in [6.07, 6.45) is 4.82. The summed E-state index contributed by atoms with van der Waals surface area (Å²) in [5.41, 5.74) is 0. The maximum Gasteiger partial charge on any atom is 0.0431 e. The van der Waals surface area contributed by atoms with Crippen LogP contribution in [0.5, 0.6) is 0 Å². The normalized spacial score (nSPS) is 16.1. The Hall–Kier alpha value is -0.0800. The highest BCUT2D eigenvalue weighted by molar-refractivity contribution is 4.67. The van der Waals surface area contributed by atoms with Crippen LogP contribution in [0.2, 0.25) is 0 Å². The molecule has 2 nitrogen and oxygen atoms in total.